The Morgan fingerprint density at radius 3 is 1.81 bits per heavy atom. The molecule has 1 aromatic heterocycles. The molecule has 0 fully saturated rings. The number of rotatable bonds is 7. The topological polar surface area (TPSA) is 48.9 Å². The fourth-order valence-electron chi connectivity index (χ4n) is 4.19. The molecule has 6 nitrogen and oxygen atoms in total. The van der Waals surface area contributed by atoms with Crippen molar-refractivity contribution in [2.45, 2.75) is 27.7 Å². The van der Waals surface area contributed by atoms with E-state index in [9.17, 15) is 4.79 Å². The fraction of sp³-hybridized carbons (Fsp3) is 0.308. The van der Waals surface area contributed by atoms with Gasteiger partial charge in [-0.2, -0.15) is 0 Å². The third-order valence-corrected chi connectivity index (χ3v) is 5.96. The van der Waals surface area contributed by atoms with E-state index >= 15 is 0 Å². The van der Waals surface area contributed by atoms with Gasteiger partial charge in [0.25, 0.3) is 5.91 Å². The third kappa shape index (κ3) is 3.88. The highest BCUT2D eigenvalue weighted by Gasteiger charge is 2.31. The minimum absolute atomic E-state index is 0.130. The Hall–Kier alpha value is -3.54. The van der Waals surface area contributed by atoms with Gasteiger partial charge in [-0.1, -0.05) is 0 Å². The average molecular weight is 431 g/mol. The monoisotopic (exact) mass is 430 g/mol. The summed E-state index contributed by atoms with van der Waals surface area (Å²) in [6.07, 6.45) is 3.27. The summed E-state index contributed by atoms with van der Waals surface area (Å²) in [7, 11) is 0. The maximum atomic E-state index is 13.6. The molecule has 166 valence electrons. The smallest absolute Gasteiger partial charge is 0.264 e. The van der Waals surface area contributed by atoms with Crippen LogP contribution in [0.3, 0.4) is 0 Å². The van der Waals surface area contributed by atoms with Crippen LogP contribution < -0.4 is 19.4 Å². The molecule has 0 radical (unpaired) electrons. The largest absolute Gasteiger partial charge is 0.453 e. The van der Waals surface area contributed by atoms with Gasteiger partial charge in [0.15, 0.2) is 11.5 Å². The molecule has 2 aromatic carbocycles. The second-order valence-electron chi connectivity index (χ2n) is 7.63. The maximum Gasteiger partial charge on any atom is 0.264 e. The highest BCUT2D eigenvalue weighted by Crippen LogP contribution is 2.49. The van der Waals surface area contributed by atoms with E-state index in [2.05, 4.69) is 42.5 Å². The van der Waals surface area contributed by atoms with E-state index in [1.807, 2.05) is 36.4 Å². The summed E-state index contributed by atoms with van der Waals surface area (Å²) in [5, 5.41) is 0. The Balaban J connectivity index is 1.85. The predicted molar refractivity (Wildman–Crippen MR) is 131 cm³/mol. The van der Waals surface area contributed by atoms with Crippen LogP contribution in [0, 0.1) is 0 Å². The Labute approximate surface area is 190 Å². The van der Waals surface area contributed by atoms with Crippen LogP contribution in [-0.4, -0.2) is 37.1 Å². The van der Waals surface area contributed by atoms with Gasteiger partial charge in [0.2, 0.25) is 0 Å². The van der Waals surface area contributed by atoms with Gasteiger partial charge in [0, 0.05) is 62.1 Å². The zero-order valence-corrected chi connectivity index (χ0v) is 19.2. The number of carbonyl (C=O) groups excluding carboxylic acids is 1. The van der Waals surface area contributed by atoms with E-state index in [-0.39, 0.29) is 5.91 Å². The van der Waals surface area contributed by atoms with Crippen molar-refractivity contribution < 1.29 is 9.53 Å². The van der Waals surface area contributed by atoms with Crippen molar-refractivity contribution in [2.75, 3.05) is 40.9 Å². The number of ether oxygens (including phenoxy) is 1. The van der Waals surface area contributed by atoms with Gasteiger partial charge in [-0.05, 0) is 64.1 Å². The lowest BCUT2D eigenvalue weighted by Gasteiger charge is -2.33. The lowest BCUT2D eigenvalue weighted by Crippen LogP contribution is -2.29. The number of amides is 1. The molecule has 0 bridgehead atoms. The van der Waals surface area contributed by atoms with Gasteiger partial charge in [-0.15, -0.1) is 0 Å². The molecule has 1 aliphatic heterocycles. The lowest BCUT2D eigenvalue weighted by atomic mass is 10.1. The number of benzene rings is 2. The molecule has 0 N–H and O–H groups in total. The number of pyridine rings is 1. The van der Waals surface area contributed by atoms with Crippen LogP contribution in [0.5, 0.6) is 11.5 Å². The molecule has 1 amide bonds. The van der Waals surface area contributed by atoms with Crippen LogP contribution in [0.1, 0.15) is 38.1 Å². The van der Waals surface area contributed by atoms with E-state index in [1.165, 1.54) is 0 Å². The first-order chi connectivity index (χ1) is 15.6. The molecule has 0 unspecified atom stereocenters. The van der Waals surface area contributed by atoms with Crippen molar-refractivity contribution in [3.8, 4) is 11.5 Å². The molecule has 0 saturated carbocycles. The molecule has 1 aliphatic rings. The summed E-state index contributed by atoms with van der Waals surface area (Å²) in [6.45, 7) is 12.1. The molecule has 2 heterocycles. The molecule has 0 spiro atoms. The lowest BCUT2D eigenvalue weighted by molar-refractivity contribution is 0.0997. The molecule has 0 atom stereocenters. The van der Waals surface area contributed by atoms with Crippen LogP contribution in [0.2, 0.25) is 0 Å². The molecular formula is C26H30N4O2. The van der Waals surface area contributed by atoms with Crippen LogP contribution in [0.4, 0.5) is 22.7 Å². The van der Waals surface area contributed by atoms with Crippen LogP contribution in [0.15, 0.2) is 60.9 Å². The third-order valence-electron chi connectivity index (χ3n) is 5.96. The number of aromatic nitrogens is 1. The van der Waals surface area contributed by atoms with Crippen molar-refractivity contribution in [3.05, 3.63) is 66.5 Å². The average Bonchev–Trinajstić information content (AvgIpc) is 2.84. The van der Waals surface area contributed by atoms with E-state index < -0.39 is 0 Å². The van der Waals surface area contributed by atoms with Crippen molar-refractivity contribution in [1.29, 1.82) is 0 Å². The normalized spacial score (nSPS) is 11.9. The Morgan fingerprint density at radius 1 is 0.844 bits per heavy atom. The highest BCUT2D eigenvalue weighted by molar-refractivity contribution is 6.13. The Kier molecular flexibility index (Phi) is 6.30. The molecule has 3 aromatic rings. The number of anilines is 4. The summed E-state index contributed by atoms with van der Waals surface area (Å²) in [5.41, 5.74) is 4.15. The molecule has 0 aliphatic carbocycles. The molecule has 32 heavy (non-hydrogen) atoms. The fourth-order valence-corrected chi connectivity index (χ4v) is 4.19. The zero-order chi connectivity index (χ0) is 22.7. The first-order valence-corrected chi connectivity index (χ1v) is 11.3. The minimum atomic E-state index is -0.130. The van der Waals surface area contributed by atoms with E-state index in [4.69, 9.17) is 4.74 Å². The number of nitrogens with zero attached hydrogens (tertiary/aromatic N) is 4. The van der Waals surface area contributed by atoms with Crippen LogP contribution in [0.25, 0.3) is 0 Å². The van der Waals surface area contributed by atoms with Gasteiger partial charge in [-0.3, -0.25) is 14.7 Å². The van der Waals surface area contributed by atoms with Crippen LogP contribution in [-0.2, 0) is 0 Å². The summed E-state index contributed by atoms with van der Waals surface area (Å²) in [6, 6.07) is 15.7. The number of fused-ring (bicyclic) bond motifs is 2. The second kappa shape index (κ2) is 9.30. The van der Waals surface area contributed by atoms with Crippen LogP contribution >= 0.6 is 0 Å². The Morgan fingerprint density at radius 2 is 1.38 bits per heavy atom. The summed E-state index contributed by atoms with van der Waals surface area (Å²) < 4.78 is 6.39. The van der Waals surface area contributed by atoms with E-state index in [0.717, 1.165) is 48.9 Å². The van der Waals surface area contributed by atoms with Gasteiger partial charge < -0.3 is 14.5 Å². The van der Waals surface area contributed by atoms with E-state index in [0.29, 0.717) is 17.1 Å². The second-order valence-corrected chi connectivity index (χ2v) is 7.63. The first kappa shape index (κ1) is 21.7. The molecule has 6 heteroatoms. The molecule has 4 rings (SSSR count). The summed E-state index contributed by atoms with van der Waals surface area (Å²) in [5.74, 6) is 1.22. The Bertz CT molecular complexity index is 1030. The minimum Gasteiger partial charge on any atom is -0.453 e. The highest BCUT2D eigenvalue weighted by atomic mass is 16.5. The van der Waals surface area contributed by atoms with Gasteiger partial charge in [0.1, 0.15) is 0 Å². The zero-order valence-electron chi connectivity index (χ0n) is 19.2. The first-order valence-electron chi connectivity index (χ1n) is 11.3. The molecule has 0 saturated heterocycles. The number of carbonyl (C=O) groups is 1. The van der Waals surface area contributed by atoms with Gasteiger partial charge in [0.05, 0.1) is 16.9 Å². The van der Waals surface area contributed by atoms with Crippen molar-refractivity contribution in [3.63, 3.8) is 0 Å². The predicted octanol–water partition coefficient (Wildman–Crippen LogP) is 5.86. The van der Waals surface area contributed by atoms with Gasteiger partial charge >= 0.3 is 0 Å². The van der Waals surface area contributed by atoms with Crippen molar-refractivity contribution in [2.24, 2.45) is 0 Å². The van der Waals surface area contributed by atoms with E-state index in [1.54, 1.807) is 29.4 Å². The quantitative estimate of drug-likeness (QED) is 0.470. The van der Waals surface area contributed by atoms with Gasteiger partial charge in [-0.25, -0.2) is 0 Å². The van der Waals surface area contributed by atoms with Crippen molar-refractivity contribution in [1.82, 2.24) is 4.98 Å². The molecular weight excluding hydrogens is 400 g/mol. The number of hydrogen-bond acceptors (Lipinski definition) is 5. The number of hydrogen-bond donors (Lipinski definition) is 0. The summed E-state index contributed by atoms with van der Waals surface area (Å²) >= 11 is 0. The maximum absolute atomic E-state index is 13.6. The van der Waals surface area contributed by atoms with Crippen molar-refractivity contribution >= 4 is 28.7 Å². The summed E-state index contributed by atoms with van der Waals surface area (Å²) in [4.78, 5) is 24.0. The standard InChI is InChI=1S/C26H30N4O2/c1-5-28(6-2)20-11-13-22-24(16-20)32-25-17-21(29(7-3)8-4)12-14-23(25)30(22)26(31)19-10-9-15-27-18-19/h9-18H,5-8H2,1-4H3. The SMILES string of the molecule is CCN(CC)c1ccc2c(c1)Oc1cc(N(CC)CC)ccc1N2C(=O)c1cccnc1.